The fourth-order valence-corrected chi connectivity index (χ4v) is 2.49. The number of hydrogen-bond donors (Lipinski definition) is 2. The van der Waals surface area contributed by atoms with Crippen molar-refractivity contribution in [1.29, 1.82) is 0 Å². The number of nitrogens with two attached hydrogens (primary N) is 1. The number of nitrogens with zero attached hydrogens (tertiary/aromatic N) is 1. The summed E-state index contributed by atoms with van der Waals surface area (Å²) >= 11 is 0. The van der Waals surface area contributed by atoms with Crippen LogP contribution in [0.5, 0.6) is 0 Å². The minimum atomic E-state index is -1.49. The normalized spacial score (nSPS) is 14.5. The molecule has 0 saturated heterocycles. The first-order valence-electron chi connectivity index (χ1n) is 6.22. The number of para-hydroxylation sites is 1. The molecule has 3 rings (SSSR count). The number of aliphatic hydroxyl groups is 1. The van der Waals surface area contributed by atoms with Crippen LogP contribution >= 0.6 is 0 Å². The molecule has 19 heavy (non-hydrogen) atoms. The lowest BCUT2D eigenvalue weighted by Crippen LogP contribution is -2.39. The van der Waals surface area contributed by atoms with Gasteiger partial charge in [-0.1, -0.05) is 48.5 Å². The number of fused-ring (bicyclic) bond motifs is 1. The van der Waals surface area contributed by atoms with E-state index in [1.165, 1.54) is 0 Å². The molecule has 0 aliphatic rings. The van der Waals surface area contributed by atoms with Crippen LogP contribution in [0.4, 0.5) is 0 Å². The predicted octanol–water partition coefficient (Wildman–Crippen LogP) is 2.33. The van der Waals surface area contributed by atoms with E-state index in [0.717, 1.165) is 10.9 Å². The number of aromatic nitrogens is 1. The van der Waals surface area contributed by atoms with Gasteiger partial charge in [0.2, 0.25) is 0 Å². The van der Waals surface area contributed by atoms with Crippen molar-refractivity contribution in [1.82, 2.24) is 4.57 Å². The summed E-state index contributed by atoms with van der Waals surface area (Å²) in [6, 6.07) is 19.2. The Hall–Kier alpha value is -2.10. The van der Waals surface area contributed by atoms with E-state index in [9.17, 15) is 5.11 Å². The molecule has 3 nitrogen and oxygen atoms in total. The van der Waals surface area contributed by atoms with Crippen molar-refractivity contribution in [2.45, 2.75) is 5.72 Å². The molecule has 0 radical (unpaired) electrons. The number of rotatable bonds is 2. The van der Waals surface area contributed by atoms with Crippen molar-refractivity contribution >= 4 is 10.9 Å². The van der Waals surface area contributed by atoms with Gasteiger partial charge in [-0.05, 0) is 12.1 Å². The van der Waals surface area contributed by atoms with E-state index in [1.807, 2.05) is 72.3 Å². The molecule has 1 heterocycles. The Balaban J connectivity index is 2.21. The van der Waals surface area contributed by atoms with Gasteiger partial charge in [-0.3, -0.25) is 5.73 Å². The highest BCUT2D eigenvalue weighted by molar-refractivity contribution is 5.81. The SMILES string of the molecule is Cn1c(C(N)(O)c2ccccc2)cc2ccccc21. The van der Waals surface area contributed by atoms with Crippen molar-refractivity contribution in [3.63, 3.8) is 0 Å². The summed E-state index contributed by atoms with van der Waals surface area (Å²) < 4.78 is 1.93. The lowest BCUT2D eigenvalue weighted by molar-refractivity contribution is 0.0810. The second kappa shape index (κ2) is 4.23. The van der Waals surface area contributed by atoms with Crippen molar-refractivity contribution in [3.05, 3.63) is 71.9 Å². The van der Waals surface area contributed by atoms with Gasteiger partial charge >= 0.3 is 0 Å². The van der Waals surface area contributed by atoms with E-state index < -0.39 is 5.72 Å². The molecular weight excluding hydrogens is 236 g/mol. The Morgan fingerprint density at radius 3 is 2.32 bits per heavy atom. The van der Waals surface area contributed by atoms with Gasteiger partial charge < -0.3 is 9.67 Å². The van der Waals surface area contributed by atoms with E-state index in [4.69, 9.17) is 5.73 Å². The predicted molar refractivity (Wildman–Crippen MR) is 76.5 cm³/mol. The molecule has 1 atom stereocenters. The van der Waals surface area contributed by atoms with E-state index in [1.54, 1.807) is 0 Å². The maximum Gasteiger partial charge on any atom is 0.181 e. The first kappa shape index (κ1) is 12.0. The monoisotopic (exact) mass is 252 g/mol. The van der Waals surface area contributed by atoms with Gasteiger partial charge in [0.05, 0.1) is 5.69 Å². The highest BCUT2D eigenvalue weighted by Crippen LogP contribution is 2.28. The van der Waals surface area contributed by atoms with Crippen LogP contribution < -0.4 is 5.73 Å². The molecule has 0 saturated carbocycles. The summed E-state index contributed by atoms with van der Waals surface area (Å²) in [5.74, 6) is 0. The van der Waals surface area contributed by atoms with Crippen LogP contribution in [0.3, 0.4) is 0 Å². The first-order valence-corrected chi connectivity index (χ1v) is 6.22. The summed E-state index contributed by atoms with van der Waals surface area (Å²) in [5, 5.41) is 11.8. The molecule has 0 spiro atoms. The summed E-state index contributed by atoms with van der Waals surface area (Å²) in [5.41, 5.74) is 7.08. The van der Waals surface area contributed by atoms with Crippen molar-refractivity contribution in [2.75, 3.05) is 0 Å². The van der Waals surface area contributed by atoms with Gasteiger partial charge in [0.15, 0.2) is 5.72 Å². The van der Waals surface area contributed by atoms with Gasteiger partial charge in [-0.2, -0.15) is 0 Å². The molecule has 1 aromatic heterocycles. The summed E-state index contributed by atoms with van der Waals surface area (Å²) in [6.45, 7) is 0. The first-order chi connectivity index (χ1) is 9.10. The van der Waals surface area contributed by atoms with Crippen LogP contribution in [0.2, 0.25) is 0 Å². The fraction of sp³-hybridized carbons (Fsp3) is 0.125. The van der Waals surface area contributed by atoms with Crippen LogP contribution in [-0.4, -0.2) is 9.67 Å². The molecule has 2 aromatic carbocycles. The second-order valence-corrected chi connectivity index (χ2v) is 4.78. The average Bonchev–Trinajstić information content (AvgIpc) is 2.78. The minimum Gasteiger partial charge on any atom is -0.367 e. The summed E-state index contributed by atoms with van der Waals surface area (Å²) in [6.07, 6.45) is 0. The molecule has 0 aliphatic carbocycles. The third-order valence-corrected chi connectivity index (χ3v) is 3.56. The van der Waals surface area contributed by atoms with Crippen molar-refractivity contribution < 1.29 is 5.11 Å². The number of aryl methyl sites for hydroxylation is 1. The quantitative estimate of drug-likeness (QED) is 0.688. The Labute approximate surface area is 111 Å². The Morgan fingerprint density at radius 2 is 1.63 bits per heavy atom. The van der Waals surface area contributed by atoms with Gasteiger partial charge in [0.25, 0.3) is 0 Å². The zero-order valence-electron chi connectivity index (χ0n) is 10.7. The minimum absolute atomic E-state index is 0.680. The lowest BCUT2D eigenvalue weighted by atomic mass is 10.0. The molecule has 3 aromatic rings. The zero-order valence-corrected chi connectivity index (χ0v) is 10.7. The molecule has 1 unspecified atom stereocenters. The maximum absolute atomic E-state index is 10.7. The molecule has 0 amide bonds. The van der Waals surface area contributed by atoms with Gasteiger partial charge in [-0.25, -0.2) is 0 Å². The maximum atomic E-state index is 10.7. The molecular formula is C16H16N2O. The Morgan fingerprint density at radius 1 is 1.00 bits per heavy atom. The topological polar surface area (TPSA) is 51.2 Å². The molecule has 0 fully saturated rings. The highest BCUT2D eigenvalue weighted by Gasteiger charge is 2.29. The van der Waals surface area contributed by atoms with Crippen LogP contribution in [0.25, 0.3) is 10.9 Å². The van der Waals surface area contributed by atoms with Crippen molar-refractivity contribution in [3.8, 4) is 0 Å². The smallest absolute Gasteiger partial charge is 0.181 e. The third kappa shape index (κ3) is 1.84. The van der Waals surface area contributed by atoms with Gasteiger partial charge in [0, 0.05) is 23.5 Å². The number of hydrogen-bond acceptors (Lipinski definition) is 2. The van der Waals surface area contributed by atoms with E-state index in [2.05, 4.69) is 0 Å². The third-order valence-electron chi connectivity index (χ3n) is 3.56. The van der Waals surface area contributed by atoms with E-state index in [-0.39, 0.29) is 0 Å². The van der Waals surface area contributed by atoms with Gasteiger partial charge in [-0.15, -0.1) is 0 Å². The molecule has 0 aliphatic heterocycles. The van der Waals surface area contributed by atoms with E-state index in [0.29, 0.717) is 11.3 Å². The molecule has 3 N–H and O–H groups in total. The Bertz CT molecular complexity index is 714. The summed E-state index contributed by atoms with van der Waals surface area (Å²) in [7, 11) is 1.92. The van der Waals surface area contributed by atoms with Crippen LogP contribution in [-0.2, 0) is 12.8 Å². The standard InChI is InChI=1S/C16H16N2O/c1-18-14-10-6-5-7-12(14)11-15(18)16(17,19)13-8-3-2-4-9-13/h2-11,19H,17H2,1H3. The van der Waals surface area contributed by atoms with Gasteiger partial charge in [0.1, 0.15) is 0 Å². The fourth-order valence-electron chi connectivity index (χ4n) is 2.49. The van der Waals surface area contributed by atoms with Crippen molar-refractivity contribution in [2.24, 2.45) is 12.8 Å². The largest absolute Gasteiger partial charge is 0.367 e. The van der Waals surface area contributed by atoms with Crippen LogP contribution in [0, 0.1) is 0 Å². The lowest BCUT2D eigenvalue weighted by Gasteiger charge is -2.24. The molecule has 0 bridgehead atoms. The van der Waals surface area contributed by atoms with Crippen LogP contribution in [0.1, 0.15) is 11.3 Å². The molecule has 3 heteroatoms. The Kier molecular flexibility index (Phi) is 2.66. The number of benzene rings is 2. The highest BCUT2D eigenvalue weighted by atomic mass is 16.3. The van der Waals surface area contributed by atoms with Crippen LogP contribution in [0.15, 0.2) is 60.7 Å². The zero-order chi connectivity index (χ0) is 13.5. The van der Waals surface area contributed by atoms with E-state index >= 15 is 0 Å². The molecule has 96 valence electrons. The average molecular weight is 252 g/mol. The summed E-state index contributed by atoms with van der Waals surface area (Å²) in [4.78, 5) is 0. The second-order valence-electron chi connectivity index (χ2n) is 4.78.